The van der Waals surface area contributed by atoms with Gasteiger partial charge in [0.05, 0.1) is 19.8 Å². The predicted octanol–water partition coefficient (Wildman–Crippen LogP) is -0.755. The van der Waals surface area contributed by atoms with Gasteiger partial charge in [0, 0.05) is 19.4 Å². The van der Waals surface area contributed by atoms with Crippen LogP contribution >= 0.6 is 0 Å². The molecule has 0 saturated heterocycles. The molecule has 0 bridgehead atoms. The molecule has 0 atom stereocenters. The predicted molar refractivity (Wildman–Crippen MR) is 83.0 cm³/mol. The number of nitrogens with zero attached hydrogens (tertiary/aromatic N) is 1. The van der Waals surface area contributed by atoms with Gasteiger partial charge in [0.2, 0.25) is 18.0 Å². The van der Waals surface area contributed by atoms with Gasteiger partial charge in [-0.25, -0.2) is 4.79 Å². The standard InChI is InChI=1S/C14H19N3O8/c1-21-4-5-22-6-7-23-14(20)25-9-24-12-10(18)2-3-17-11(12)13(19)15-8-16-17/h2-3,16H,4-9H2,1H3,(H,15,19). The van der Waals surface area contributed by atoms with E-state index in [1.807, 2.05) is 0 Å². The average Bonchev–Trinajstić information content (AvgIpc) is 2.60. The number of carbonyl (C=O) groups is 2. The minimum Gasteiger partial charge on any atom is -0.451 e. The molecule has 25 heavy (non-hydrogen) atoms. The summed E-state index contributed by atoms with van der Waals surface area (Å²) in [6.45, 7) is 0.651. The van der Waals surface area contributed by atoms with Crippen LogP contribution in [0.25, 0.3) is 0 Å². The van der Waals surface area contributed by atoms with E-state index in [0.717, 1.165) is 0 Å². The lowest BCUT2D eigenvalue weighted by Crippen LogP contribution is -2.43. The summed E-state index contributed by atoms with van der Waals surface area (Å²) in [5.41, 5.74) is 2.29. The lowest BCUT2D eigenvalue weighted by Gasteiger charge is -2.22. The van der Waals surface area contributed by atoms with Crippen LogP contribution in [0.15, 0.2) is 17.1 Å². The highest BCUT2D eigenvalue weighted by Gasteiger charge is 2.23. The van der Waals surface area contributed by atoms with Crippen molar-refractivity contribution in [2.75, 3.05) is 52.4 Å². The molecule has 0 radical (unpaired) electrons. The van der Waals surface area contributed by atoms with Crippen LogP contribution in [0.2, 0.25) is 0 Å². The summed E-state index contributed by atoms with van der Waals surface area (Å²) in [5, 5.41) is 2.51. The lowest BCUT2D eigenvalue weighted by molar-refractivity contribution is -0.0126. The Balaban J connectivity index is 1.77. The van der Waals surface area contributed by atoms with Gasteiger partial charge in [0.1, 0.15) is 13.3 Å². The Morgan fingerprint density at radius 2 is 2.00 bits per heavy atom. The molecule has 0 fully saturated rings. The van der Waals surface area contributed by atoms with Gasteiger partial charge in [-0.15, -0.1) is 0 Å². The Kier molecular flexibility index (Phi) is 7.04. The van der Waals surface area contributed by atoms with Crippen molar-refractivity contribution in [3.63, 3.8) is 0 Å². The van der Waals surface area contributed by atoms with E-state index in [1.54, 1.807) is 7.11 Å². The summed E-state index contributed by atoms with van der Waals surface area (Å²) in [4.78, 5) is 35.1. The van der Waals surface area contributed by atoms with Crippen molar-refractivity contribution >= 4 is 12.1 Å². The summed E-state index contributed by atoms with van der Waals surface area (Å²) >= 11 is 0. The molecule has 11 nitrogen and oxygen atoms in total. The molecule has 0 unspecified atom stereocenters. The molecule has 11 heteroatoms. The second kappa shape index (κ2) is 9.49. The largest absolute Gasteiger partial charge is 0.511 e. The fourth-order valence-electron chi connectivity index (χ4n) is 1.90. The number of aromatic nitrogens is 1. The van der Waals surface area contributed by atoms with Crippen LogP contribution in [0.1, 0.15) is 10.5 Å². The van der Waals surface area contributed by atoms with Gasteiger partial charge in [0.25, 0.3) is 5.91 Å². The van der Waals surface area contributed by atoms with E-state index in [4.69, 9.17) is 23.7 Å². The SMILES string of the molecule is COCCOCCOC(=O)OCOc1c2n(ccc1=O)NCNC2=O. The smallest absolute Gasteiger partial charge is 0.451 e. The first-order valence-electron chi connectivity index (χ1n) is 7.40. The van der Waals surface area contributed by atoms with E-state index in [9.17, 15) is 14.4 Å². The van der Waals surface area contributed by atoms with E-state index in [0.29, 0.717) is 13.2 Å². The van der Waals surface area contributed by atoms with Gasteiger partial charge in [-0.1, -0.05) is 0 Å². The van der Waals surface area contributed by atoms with Crippen molar-refractivity contribution in [1.82, 2.24) is 9.99 Å². The molecule has 2 N–H and O–H groups in total. The normalized spacial score (nSPS) is 12.6. The first kappa shape index (κ1) is 18.5. The van der Waals surface area contributed by atoms with Crippen molar-refractivity contribution in [3.8, 4) is 5.75 Å². The van der Waals surface area contributed by atoms with E-state index in [-0.39, 0.29) is 31.3 Å². The maximum absolute atomic E-state index is 11.9. The summed E-state index contributed by atoms with van der Waals surface area (Å²) < 4.78 is 25.8. The Labute approximate surface area is 142 Å². The van der Waals surface area contributed by atoms with Gasteiger partial charge in [-0.05, 0) is 0 Å². The highest BCUT2D eigenvalue weighted by molar-refractivity contribution is 5.96. The molecule has 2 heterocycles. The first-order chi connectivity index (χ1) is 12.1. The highest BCUT2D eigenvalue weighted by Crippen LogP contribution is 2.14. The van der Waals surface area contributed by atoms with Crippen LogP contribution in [0.4, 0.5) is 4.79 Å². The molecule has 0 aromatic carbocycles. The van der Waals surface area contributed by atoms with E-state index >= 15 is 0 Å². The minimum atomic E-state index is -0.984. The first-order valence-corrected chi connectivity index (χ1v) is 7.40. The Morgan fingerprint density at radius 3 is 2.80 bits per heavy atom. The van der Waals surface area contributed by atoms with Gasteiger partial charge >= 0.3 is 6.16 Å². The number of nitrogens with one attached hydrogen (secondary N) is 2. The van der Waals surface area contributed by atoms with Crippen LogP contribution < -0.4 is 20.9 Å². The second-order valence-corrected chi connectivity index (χ2v) is 4.68. The number of hydrogen-bond donors (Lipinski definition) is 2. The van der Waals surface area contributed by atoms with Crippen LogP contribution in [0.3, 0.4) is 0 Å². The number of hydrogen-bond acceptors (Lipinski definition) is 9. The molecule has 0 aliphatic carbocycles. The Hall–Kier alpha value is -2.79. The van der Waals surface area contributed by atoms with E-state index in [2.05, 4.69) is 10.7 Å². The van der Waals surface area contributed by atoms with Crippen molar-refractivity contribution in [2.24, 2.45) is 0 Å². The fourth-order valence-corrected chi connectivity index (χ4v) is 1.90. The van der Waals surface area contributed by atoms with Crippen molar-refractivity contribution in [2.45, 2.75) is 0 Å². The number of methoxy groups -OCH3 is 1. The number of amides is 1. The minimum absolute atomic E-state index is 0.00172. The molecule has 1 aromatic rings. The van der Waals surface area contributed by atoms with Gasteiger partial charge in [-0.3, -0.25) is 14.3 Å². The van der Waals surface area contributed by atoms with E-state index < -0.39 is 24.3 Å². The maximum Gasteiger partial charge on any atom is 0.511 e. The Morgan fingerprint density at radius 1 is 1.20 bits per heavy atom. The summed E-state index contributed by atoms with van der Waals surface area (Å²) in [7, 11) is 1.55. The van der Waals surface area contributed by atoms with E-state index in [1.165, 1.54) is 16.9 Å². The molecule has 1 aromatic heterocycles. The van der Waals surface area contributed by atoms with Gasteiger partial charge in [-0.2, -0.15) is 0 Å². The molecule has 138 valence electrons. The highest BCUT2D eigenvalue weighted by atomic mass is 16.8. The topological polar surface area (TPSA) is 126 Å². The fraction of sp³-hybridized carbons (Fsp3) is 0.500. The van der Waals surface area contributed by atoms with Crippen molar-refractivity contribution in [3.05, 3.63) is 28.2 Å². The van der Waals surface area contributed by atoms with Crippen molar-refractivity contribution < 1.29 is 33.3 Å². The van der Waals surface area contributed by atoms with Gasteiger partial charge in [0.15, 0.2) is 5.69 Å². The zero-order chi connectivity index (χ0) is 18.1. The zero-order valence-electron chi connectivity index (χ0n) is 13.6. The van der Waals surface area contributed by atoms with Crippen molar-refractivity contribution in [1.29, 1.82) is 0 Å². The molecule has 0 saturated carbocycles. The summed E-state index contributed by atoms with van der Waals surface area (Å²) in [6, 6.07) is 1.22. The number of pyridine rings is 1. The molecule has 1 aliphatic rings. The molecule has 2 rings (SSSR count). The number of fused-ring (bicyclic) bond motifs is 1. The quantitative estimate of drug-likeness (QED) is 0.333. The monoisotopic (exact) mass is 357 g/mol. The molecular formula is C14H19N3O8. The Bertz CT molecular complexity index is 660. The molecule has 1 amide bonds. The average molecular weight is 357 g/mol. The van der Waals surface area contributed by atoms with Gasteiger partial charge < -0.3 is 34.4 Å². The second-order valence-electron chi connectivity index (χ2n) is 4.68. The maximum atomic E-state index is 11.9. The number of ether oxygens (including phenoxy) is 5. The molecule has 0 spiro atoms. The zero-order valence-corrected chi connectivity index (χ0v) is 13.6. The number of rotatable bonds is 9. The summed E-state index contributed by atoms with van der Waals surface area (Å²) in [6.07, 6.45) is 0.421. The van der Waals surface area contributed by atoms with Crippen LogP contribution in [-0.2, 0) is 18.9 Å². The summed E-state index contributed by atoms with van der Waals surface area (Å²) in [5.74, 6) is -0.717. The third-order valence-corrected chi connectivity index (χ3v) is 3.03. The molecule has 1 aliphatic heterocycles. The third-order valence-electron chi connectivity index (χ3n) is 3.03. The third kappa shape index (κ3) is 5.36. The lowest BCUT2D eigenvalue weighted by atomic mass is 10.3. The van der Waals surface area contributed by atoms with Crippen LogP contribution in [-0.4, -0.2) is 63.7 Å². The van der Waals surface area contributed by atoms with Crippen LogP contribution in [0, 0.1) is 0 Å². The number of carbonyl (C=O) groups excluding carboxylic acids is 2. The molecular weight excluding hydrogens is 338 g/mol. The van der Waals surface area contributed by atoms with Crippen LogP contribution in [0.5, 0.6) is 5.75 Å².